The highest BCUT2D eigenvalue weighted by Crippen LogP contribution is 2.21. The van der Waals surface area contributed by atoms with E-state index in [1.807, 2.05) is 4.90 Å². The number of aromatic nitrogens is 1. The van der Waals surface area contributed by atoms with Crippen LogP contribution in [-0.4, -0.2) is 40.5 Å². The lowest BCUT2D eigenvalue weighted by atomic mass is 9.97. The highest BCUT2D eigenvalue weighted by Gasteiger charge is 2.19. The van der Waals surface area contributed by atoms with Crippen LogP contribution in [0.4, 0.5) is 5.82 Å². The third-order valence-electron chi connectivity index (χ3n) is 5.29. The average Bonchev–Trinajstić information content (AvgIpc) is 2.75. The molecule has 1 aromatic heterocycles. The molecule has 2 aromatic carbocycles. The van der Waals surface area contributed by atoms with Crippen LogP contribution in [0.1, 0.15) is 38.3 Å². The maximum atomic E-state index is 12.9. The van der Waals surface area contributed by atoms with E-state index in [9.17, 15) is 9.59 Å². The fraction of sp³-hybridized carbons (Fsp3) is 0.167. The number of halogens is 2. The number of Topliss-reactive ketones (excluding diaryl/α,β-unsaturated/α-hetero) is 1. The lowest BCUT2D eigenvalue weighted by molar-refractivity contribution is 0.0992. The van der Waals surface area contributed by atoms with Gasteiger partial charge in [0.15, 0.2) is 5.78 Å². The number of hydrogen-bond donors (Lipinski definition) is 2. The minimum Gasteiger partial charge on any atom is -0.356 e. The number of ketones is 1. The van der Waals surface area contributed by atoms with E-state index >= 15 is 0 Å². The molecule has 162 valence electrons. The van der Waals surface area contributed by atoms with Crippen molar-refractivity contribution in [3.8, 4) is 0 Å². The van der Waals surface area contributed by atoms with Crippen molar-refractivity contribution in [3.63, 3.8) is 0 Å². The van der Waals surface area contributed by atoms with Gasteiger partial charge in [-0.05, 0) is 36.2 Å². The molecule has 0 radical (unpaired) electrons. The number of anilines is 1. The maximum Gasteiger partial charge on any atom is 0.257 e. The SMILES string of the molecule is N=C(c1ccc(C(=O)Cc2ccc(Br)cc2C(=O)Nc2ccc(Cl)cn2)cc1)N1CCC1. The van der Waals surface area contributed by atoms with E-state index in [-0.39, 0.29) is 18.1 Å². The first-order chi connectivity index (χ1) is 15.4. The Morgan fingerprint density at radius 2 is 1.78 bits per heavy atom. The summed E-state index contributed by atoms with van der Waals surface area (Å²) in [6.45, 7) is 1.80. The zero-order chi connectivity index (χ0) is 22.7. The monoisotopic (exact) mass is 510 g/mol. The number of nitrogens with one attached hydrogen (secondary N) is 2. The zero-order valence-electron chi connectivity index (χ0n) is 17.1. The van der Waals surface area contributed by atoms with E-state index in [2.05, 4.69) is 26.2 Å². The van der Waals surface area contributed by atoms with Crippen LogP contribution in [0.15, 0.2) is 65.3 Å². The second-order valence-corrected chi connectivity index (χ2v) is 8.84. The van der Waals surface area contributed by atoms with Gasteiger partial charge in [0.2, 0.25) is 0 Å². The first kappa shape index (κ1) is 22.2. The molecule has 6 nitrogen and oxygen atoms in total. The first-order valence-corrected chi connectivity index (χ1v) is 11.3. The minimum absolute atomic E-state index is 0.0764. The lowest BCUT2D eigenvalue weighted by Gasteiger charge is -2.33. The summed E-state index contributed by atoms with van der Waals surface area (Å²) in [6, 6.07) is 15.6. The highest BCUT2D eigenvalue weighted by atomic mass is 79.9. The van der Waals surface area contributed by atoms with Gasteiger partial charge in [0.25, 0.3) is 5.91 Å². The molecule has 2 heterocycles. The Hall–Kier alpha value is -3.03. The van der Waals surface area contributed by atoms with Crippen LogP contribution in [0, 0.1) is 5.41 Å². The van der Waals surface area contributed by atoms with Gasteiger partial charge in [-0.15, -0.1) is 0 Å². The van der Waals surface area contributed by atoms with Crippen molar-refractivity contribution in [2.24, 2.45) is 0 Å². The Kier molecular flexibility index (Phi) is 6.67. The standard InChI is InChI=1S/C24H20BrClN4O2/c25-18-7-6-17(20(13-18)24(32)29-22-9-8-19(26)14-28-22)12-21(31)15-2-4-16(5-3-15)23(27)30-10-1-11-30/h2-9,13-14,27H,1,10-12H2,(H,28,29,32). The summed E-state index contributed by atoms with van der Waals surface area (Å²) < 4.78 is 0.733. The van der Waals surface area contributed by atoms with E-state index < -0.39 is 0 Å². The third-order valence-corrected chi connectivity index (χ3v) is 6.01. The molecule has 1 aliphatic heterocycles. The van der Waals surface area contributed by atoms with Crippen LogP contribution in [0.2, 0.25) is 5.02 Å². The van der Waals surface area contributed by atoms with Crippen LogP contribution in [0.25, 0.3) is 0 Å². The van der Waals surface area contributed by atoms with Crippen molar-refractivity contribution in [1.82, 2.24) is 9.88 Å². The van der Waals surface area contributed by atoms with Gasteiger partial charge in [0, 0.05) is 46.9 Å². The number of hydrogen-bond acceptors (Lipinski definition) is 4. The molecule has 1 amide bonds. The van der Waals surface area contributed by atoms with E-state index in [0.29, 0.717) is 33.4 Å². The van der Waals surface area contributed by atoms with Crippen molar-refractivity contribution in [1.29, 1.82) is 5.41 Å². The van der Waals surface area contributed by atoms with Crippen molar-refractivity contribution in [3.05, 3.63) is 92.5 Å². The molecule has 1 fully saturated rings. The average molecular weight is 512 g/mol. The van der Waals surface area contributed by atoms with Gasteiger partial charge in [-0.25, -0.2) is 4.98 Å². The van der Waals surface area contributed by atoms with Gasteiger partial charge in [-0.1, -0.05) is 57.9 Å². The number of pyridine rings is 1. The molecule has 0 spiro atoms. The second-order valence-electron chi connectivity index (χ2n) is 7.48. The maximum absolute atomic E-state index is 12.9. The van der Waals surface area contributed by atoms with E-state index in [1.54, 1.807) is 54.6 Å². The molecule has 1 saturated heterocycles. The number of nitrogens with zero attached hydrogens (tertiary/aromatic N) is 2. The van der Waals surface area contributed by atoms with Crippen LogP contribution in [-0.2, 0) is 6.42 Å². The topological polar surface area (TPSA) is 86.1 Å². The molecule has 3 aromatic rings. The number of likely N-dealkylation sites (tertiary alicyclic amines) is 1. The number of rotatable bonds is 6. The number of amidine groups is 1. The molecular formula is C24H20BrClN4O2. The van der Waals surface area contributed by atoms with Gasteiger partial charge in [0.1, 0.15) is 11.7 Å². The van der Waals surface area contributed by atoms with Crippen LogP contribution in [0.5, 0.6) is 0 Å². The molecule has 0 aliphatic carbocycles. The summed E-state index contributed by atoms with van der Waals surface area (Å²) in [4.78, 5) is 31.9. The van der Waals surface area contributed by atoms with Gasteiger partial charge in [0.05, 0.1) is 5.02 Å². The molecule has 8 heteroatoms. The Labute approximate surface area is 199 Å². The van der Waals surface area contributed by atoms with Crippen LogP contribution in [0.3, 0.4) is 0 Å². The summed E-state index contributed by atoms with van der Waals surface area (Å²) in [5.41, 5.74) is 2.34. The van der Waals surface area contributed by atoms with Gasteiger partial charge >= 0.3 is 0 Å². The predicted molar refractivity (Wildman–Crippen MR) is 129 cm³/mol. The first-order valence-electron chi connectivity index (χ1n) is 10.1. The van der Waals surface area contributed by atoms with Crippen molar-refractivity contribution in [2.45, 2.75) is 12.8 Å². The Morgan fingerprint density at radius 3 is 2.41 bits per heavy atom. The molecule has 0 saturated carbocycles. The number of benzene rings is 2. The Morgan fingerprint density at radius 1 is 1.06 bits per heavy atom. The molecule has 32 heavy (non-hydrogen) atoms. The summed E-state index contributed by atoms with van der Waals surface area (Å²) in [7, 11) is 0. The van der Waals surface area contributed by atoms with Crippen molar-refractivity contribution < 1.29 is 9.59 Å². The molecule has 0 bridgehead atoms. The van der Waals surface area contributed by atoms with Gasteiger partial charge < -0.3 is 10.2 Å². The quantitative estimate of drug-likeness (QED) is 0.270. The number of carbonyl (C=O) groups is 2. The number of carbonyl (C=O) groups excluding carboxylic acids is 2. The normalized spacial score (nSPS) is 12.8. The Bertz CT molecular complexity index is 1180. The van der Waals surface area contributed by atoms with Crippen molar-refractivity contribution >= 4 is 50.9 Å². The van der Waals surface area contributed by atoms with E-state index in [1.165, 1.54) is 6.20 Å². The molecule has 4 rings (SSSR count). The molecule has 0 atom stereocenters. The largest absolute Gasteiger partial charge is 0.356 e. The zero-order valence-corrected chi connectivity index (χ0v) is 19.4. The second kappa shape index (κ2) is 9.63. The van der Waals surface area contributed by atoms with E-state index in [4.69, 9.17) is 17.0 Å². The van der Waals surface area contributed by atoms with E-state index in [0.717, 1.165) is 29.5 Å². The number of amides is 1. The molecule has 0 unspecified atom stereocenters. The summed E-state index contributed by atoms with van der Waals surface area (Å²) in [5.74, 6) is 0.394. The van der Waals surface area contributed by atoms with Gasteiger partial charge in [-0.3, -0.25) is 15.0 Å². The fourth-order valence-electron chi connectivity index (χ4n) is 3.36. The minimum atomic E-state index is -0.359. The highest BCUT2D eigenvalue weighted by molar-refractivity contribution is 9.10. The van der Waals surface area contributed by atoms with Crippen molar-refractivity contribution in [2.75, 3.05) is 18.4 Å². The Balaban J connectivity index is 1.49. The summed E-state index contributed by atoms with van der Waals surface area (Å²) in [5, 5.41) is 11.4. The van der Waals surface area contributed by atoms with Gasteiger partial charge in [-0.2, -0.15) is 0 Å². The predicted octanol–water partition coefficient (Wildman–Crippen LogP) is 5.21. The molecular weight excluding hydrogens is 492 g/mol. The smallest absolute Gasteiger partial charge is 0.257 e. The summed E-state index contributed by atoms with van der Waals surface area (Å²) in [6.07, 6.45) is 2.64. The lowest BCUT2D eigenvalue weighted by Crippen LogP contribution is -2.42. The molecule has 1 aliphatic rings. The fourth-order valence-corrected chi connectivity index (χ4v) is 3.83. The van der Waals surface area contributed by atoms with Crippen LogP contribution < -0.4 is 5.32 Å². The third kappa shape index (κ3) is 5.06. The summed E-state index contributed by atoms with van der Waals surface area (Å²) >= 11 is 9.24. The molecule has 2 N–H and O–H groups in total. The van der Waals surface area contributed by atoms with Crippen LogP contribution >= 0.6 is 27.5 Å².